The third-order valence-electron chi connectivity index (χ3n) is 3.76. The van der Waals surface area contributed by atoms with Crippen LogP contribution in [0.1, 0.15) is 5.56 Å². The zero-order valence-electron chi connectivity index (χ0n) is 14.1. The Morgan fingerprint density at radius 1 is 1.07 bits per heavy atom. The average molecular weight is 414 g/mol. The second kappa shape index (κ2) is 7.28. The molecule has 0 bridgehead atoms. The van der Waals surface area contributed by atoms with Crippen molar-refractivity contribution in [2.45, 2.75) is 11.9 Å². The highest BCUT2D eigenvalue weighted by atomic mass is 32.2. The number of rotatable bonds is 5. The first kappa shape index (κ1) is 19.9. The molecule has 0 fully saturated rings. The van der Waals surface area contributed by atoms with Crippen LogP contribution in [-0.2, 0) is 15.9 Å². The number of alkyl halides is 3. The van der Waals surface area contributed by atoms with E-state index in [9.17, 15) is 26.4 Å². The Kier molecular flexibility index (Phi) is 5.18. The number of halogens is 3. The van der Waals surface area contributed by atoms with Crippen LogP contribution in [0.4, 0.5) is 13.2 Å². The fraction of sp³-hybridized carbons (Fsp3) is 0.167. The Morgan fingerprint density at radius 3 is 2.36 bits per heavy atom. The van der Waals surface area contributed by atoms with Crippen molar-refractivity contribution in [1.29, 1.82) is 0 Å². The van der Waals surface area contributed by atoms with Gasteiger partial charge >= 0.3 is 6.18 Å². The summed E-state index contributed by atoms with van der Waals surface area (Å²) in [6.45, 7) is -1.42. The normalized spacial score (nSPS) is 12.3. The van der Waals surface area contributed by atoms with Crippen molar-refractivity contribution in [3.63, 3.8) is 0 Å². The number of ether oxygens (including phenoxy) is 1. The van der Waals surface area contributed by atoms with E-state index in [-0.39, 0.29) is 27.8 Å². The first-order chi connectivity index (χ1) is 13.0. The Hall–Kier alpha value is -2.85. The van der Waals surface area contributed by atoms with Gasteiger partial charge in [0, 0.05) is 0 Å². The van der Waals surface area contributed by atoms with E-state index in [4.69, 9.17) is 8.97 Å². The zero-order chi connectivity index (χ0) is 20.5. The lowest BCUT2D eigenvalue weighted by atomic mass is 10.0. The van der Waals surface area contributed by atoms with Gasteiger partial charge in [-0.25, -0.2) is 0 Å². The lowest BCUT2D eigenvalue weighted by Gasteiger charge is -2.09. The summed E-state index contributed by atoms with van der Waals surface area (Å²) in [6.07, 6.45) is -3.28. The summed E-state index contributed by atoms with van der Waals surface area (Å²) in [5.74, 6) is -0.616. The Balaban J connectivity index is 1.90. The molecule has 3 aromatic rings. The topological polar surface area (TPSA) is 93.8 Å². The highest BCUT2D eigenvalue weighted by molar-refractivity contribution is 7.85. The monoisotopic (exact) mass is 414 g/mol. The minimum absolute atomic E-state index is 0.00102. The molecule has 0 radical (unpaired) electrons. The molecule has 0 amide bonds. The van der Waals surface area contributed by atoms with Gasteiger partial charge in [-0.3, -0.25) is 9.35 Å². The summed E-state index contributed by atoms with van der Waals surface area (Å²) in [5.41, 5.74) is 0.579. The molecule has 1 aromatic heterocycles. The van der Waals surface area contributed by atoms with Crippen LogP contribution in [0.15, 0.2) is 57.9 Å². The fourth-order valence-electron chi connectivity index (χ4n) is 2.57. The van der Waals surface area contributed by atoms with Gasteiger partial charge < -0.3 is 9.15 Å². The van der Waals surface area contributed by atoms with Gasteiger partial charge in [0.25, 0.3) is 10.1 Å². The molecular weight excluding hydrogens is 401 g/mol. The van der Waals surface area contributed by atoms with Crippen molar-refractivity contribution in [3.8, 4) is 16.9 Å². The van der Waals surface area contributed by atoms with Gasteiger partial charge in [-0.05, 0) is 35.4 Å². The zero-order valence-corrected chi connectivity index (χ0v) is 14.9. The molecular formula is C18H13F3O6S. The lowest BCUT2D eigenvalue weighted by Crippen LogP contribution is -2.19. The van der Waals surface area contributed by atoms with E-state index in [0.717, 1.165) is 0 Å². The summed E-state index contributed by atoms with van der Waals surface area (Å²) in [6, 6.07) is 9.56. The average Bonchev–Trinajstić information content (AvgIpc) is 2.59. The highest BCUT2D eigenvalue weighted by Gasteiger charge is 2.28. The number of fused-ring (bicyclic) bond motifs is 1. The van der Waals surface area contributed by atoms with E-state index >= 15 is 0 Å². The summed E-state index contributed by atoms with van der Waals surface area (Å²) < 4.78 is 77.4. The molecule has 10 heteroatoms. The minimum Gasteiger partial charge on any atom is -0.484 e. The Morgan fingerprint density at radius 2 is 1.75 bits per heavy atom. The van der Waals surface area contributed by atoms with Gasteiger partial charge in [0.1, 0.15) is 23.3 Å². The van der Waals surface area contributed by atoms with Crippen molar-refractivity contribution in [1.82, 2.24) is 0 Å². The molecule has 148 valence electrons. The molecule has 0 saturated heterocycles. The third kappa shape index (κ3) is 4.90. The fourth-order valence-corrected chi connectivity index (χ4v) is 3.17. The standard InChI is InChI=1S/C18H13F3O6S/c19-18(20,21)10-27-13-4-2-12(3-5-13)15-8-26-16-7-11(9-28(23,24)25)1-6-14(16)17(15)22/h1-8H,9-10H2,(H,23,24,25). The third-order valence-corrected chi connectivity index (χ3v) is 4.45. The predicted octanol–water partition coefficient (Wildman–Crippen LogP) is 3.79. The van der Waals surface area contributed by atoms with Crippen LogP contribution in [-0.4, -0.2) is 25.8 Å². The molecule has 3 rings (SSSR count). The van der Waals surface area contributed by atoms with Crippen molar-refractivity contribution < 1.29 is 35.3 Å². The maximum atomic E-state index is 12.7. The van der Waals surface area contributed by atoms with Crippen LogP contribution in [0, 0.1) is 0 Å². The Labute approximate surface area is 156 Å². The van der Waals surface area contributed by atoms with Crippen molar-refractivity contribution >= 4 is 21.1 Å². The second-order valence-corrected chi connectivity index (χ2v) is 7.42. The number of hydrogen-bond donors (Lipinski definition) is 1. The Bertz CT molecular complexity index is 1160. The maximum Gasteiger partial charge on any atom is 0.422 e. The van der Waals surface area contributed by atoms with Crippen molar-refractivity contribution in [3.05, 3.63) is 64.5 Å². The van der Waals surface area contributed by atoms with Crippen LogP contribution in [0.25, 0.3) is 22.1 Å². The lowest BCUT2D eigenvalue weighted by molar-refractivity contribution is -0.153. The number of benzene rings is 2. The van der Waals surface area contributed by atoms with E-state index in [0.29, 0.717) is 5.56 Å². The molecule has 1 heterocycles. The van der Waals surface area contributed by atoms with Crippen LogP contribution in [0.2, 0.25) is 0 Å². The van der Waals surface area contributed by atoms with Gasteiger partial charge in [-0.1, -0.05) is 18.2 Å². The molecule has 0 spiro atoms. The van der Waals surface area contributed by atoms with Crippen molar-refractivity contribution in [2.24, 2.45) is 0 Å². The first-order valence-electron chi connectivity index (χ1n) is 7.81. The predicted molar refractivity (Wildman–Crippen MR) is 94.7 cm³/mol. The van der Waals surface area contributed by atoms with Crippen molar-refractivity contribution in [2.75, 3.05) is 6.61 Å². The second-order valence-electron chi connectivity index (χ2n) is 5.96. The van der Waals surface area contributed by atoms with E-state index < -0.39 is 34.1 Å². The molecule has 2 aromatic carbocycles. The summed E-state index contributed by atoms with van der Waals surface area (Å²) in [7, 11) is -4.23. The smallest absolute Gasteiger partial charge is 0.422 e. The van der Waals surface area contributed by atoms with Crippen LogP contribution in [0.3, 0.4) is 0 Å². The molecule has 6 nitrogen and oxygen atoms in total. The van der Waals surface area contributed by atoms with E-state index in [1.807, 2.05) is 0 Å². The van der Waals surface area contributed by atoms with Gasteiger partial charge in [0.2, 0.25) is 0 Å². The molecule has 28 heavy (non-hydrogen) atoms. The van der Waals surface area contributed by atoms with Gasteiger partial charge in [0.05, 0.1) is 10.9 Å². The summed E-state index contributed by atoms with van der Waals surface area (Å²) in [4.78, 5) is 12.7. The van der Waals surface area contributed by atoms with E-state index in [2.05, 4.69) is 4.74 Å². The van der Waals surface area contributed by atoms with Crippen LogP contribution < -0.4 is 10.2 Å². The van der Waals surface area contributed by atoms with Crippen LogP contribution in [0.5, 0.6) is 5.75 Å². The largest absolute Gasteiger partial charge is 0.484 e. The molecule has 1 N–H and O–H groups in total. The molecule has 0 atom stereocenters. The molecule has 0 aliphatic carbocycles. The summed E-state index contributed by atoms with van der Waals surface area (Å²) in [5, 5.41) is 0.189. The molecule has 0 aliphatic rings. The molecule has 0 saturated carbocycles. The summed E-state index contributed by atoms with van der Waals surface area (Å²) >= 11 is 0. The minimum atomic E-state index is -4.45. The van der Waals surface area contributed by atoms with E-state index in [1.54, 1.807) is 0 Å². The van der Waals surface area contributed by atoms with Gasteiger partial charge in [-0.2, -0.15) is 21.6 Å². The van der Waals surface area contributed by atoms with E-state index in [1.165, 1.54) is 48.7 Å². The van der Waals surface area contributed by atoms with Crippen LogP contribution >= 0.6 is 0 Å². The SMILES string of the molecule is O=c1c(-c2ccc(OCC(F)(F)F)cc2)coc2cc(CS(=O)(=O)O)ccc12. The first-order valence-corrected chi connectivity index (χ1v) is 9.42. The van der Waals surface area contributed by atoms with Gasteiger partial charge in [-0.15, -0.1) is 0 Å². The maximum absolute atomic E-state index is 12.7. The van der Waals surface area contributed by atoms with Gasteiger partial charge in [0.15, 0.2) is 12.0 Å². The number of hydrogen-bond acceptors (Lipinski definition) is 5. The molecule has 0 unspecified atom stereocenters. The molecule has 0 aliphatic heterocycles. The quantitative estimate of drug-likeness (QED) is 0.639. The highest BCUT2D eigenvalue weighted by Crippen LogP contribution is 2.24.